The first-order chi connectivity index (χ1) is 12.7. The molecule has 0 spiro atoms. The number of fused-ring (bicyclic) bond motifs is 1. The van der Waals surface area contributed by atoms with Crippen molar-refractivity contribution in [2.45, 2.75) is 11.8 Å². The van der Waals surface area contributed by atoms with Gasteiger partial charge in [-0.25, -0.2) is 15.0 Å². The molecule has 128 valence electrons. The van der Waals surface area contributed by atoms with Crippen LogP contribution in [0.15, 0.2) is 71.6 Å². The molecule has 0 aliphatic rings. The van der Waals surface area contributed by atoms with Gasteiger partial charge < -0.3 is 5.32 Å². The molecule has 2 aromatic heterocycles. The van der Waals surface area contributed by atoms with E-state index in [4.69, 9.17) is 9.97 Å². The van der Waals surface area contributed by atoms with E-state index >= 15 is 0 Å². The highest BCUT2D eigenvalue weighted by molar-refractivity contribution is 7.98. The third kappa shape index (κ3) is 3.39. The van der Waals surface area contributed by atoms with Gasteiger partial charge in [0, 0.05) is 21.7 Å². The van der Waals surface area contributed by atoms with Gasteiger partial charge in [-0.2, -0.15) is 0 Å². The van der Waals surface area contributed by atoms with E-state index in [0.717, 1.165) is 33.8 Å². The summed E-state index contributed by atoms with van der Waals surface area (Å²) in [5.74, 6) is 1.41. The van der Waals surface area contributed by atoms with Gasteiger partial charge in [-0.15, -0.1) is 11.8 Å². The van der Waals surface area contributed by atoms with Crippen molar-refractivity contribution in [3.63, 3.8) is 0 Å². The molecule has 4 rings (SSSR count). The maximum absolute atomic E-state index is 4.77. The van der Waals surface area contributed by atoms with Crippen molar-refractivity contribution < 1.29 is 0 Å². The Morgan fingerprint density at radius 3 is 2.54 bits per heavy atom. The minimum Gasteiger partial charge on any atom is -0.340 e. The average Bonchev–Trinajstić information content (AvgIpc) is 2.68. The van der Waals surface area contributed by atoms with Crippen LogP contribution >= 0.6 is 11.8 Å². The predicted octanol–water partition coefficient (Wildman–Crippen LogP) is 5.47. The van der Waals surface area contributed by atoms with E-state index in [2.05, 4.69) is 28.7 Å². The quantitative estimate of drug-likeness (QED) is 0.491. The fraction of sp³-hybridized carbons (Fsp3) is 0.0952. The molecule has 0 radical (unpaired) electrons. The Balaban J connectivity index is 1.84. The molecule has 5 heteroatoms. The van der Waals surface area contributed by atoms with Crippen LogP contribution in [0, 0.1) is 6.92 Å². The SMILES string of the molecule is CSc1cccc(Nc2nc(-c3cccc(C)n3)nc3ccccc23)c1. The van der Waals surface area contributed by atoms with Crippen molar-refractivity contribution >= 4 is 34.2 Å². The van der Waals surface area contributed by atoms with Crippen molar-refractivity contribution in [3.8, 4) is 11.5 Å². The van der Waals surface area contributed by atoms with Gasteiger partial charge in [0.25, 0.3) is 0 Å². The van der Waals surface area contributed by atoms with E-state index in [1.165, 1.54) is 4.90 Å². The van der Waals surface area contributed by atoms with Gasteiger partial charge in [-0.05, 0) is 55.6 Å². The summed E-state index contributed by atoms with van der Waals surface area (Å²) in [5.41, 5.74) is 3.62. The Labute approximate surface area is 156 Å². The molecule has 4 aromatic rings. The molecule has 26 heavy (non-hydrogen) atoms. The zero-order chi connectivity index (χ0) is 17.9. The van der Waals surface area contributed by atoms with E-state index in [-0.39, 0.29) is 0 Å². The monoisotopic (exact) mass is 358 g/mol. The Bertz CT molecular complexity index is 1080. The van der Waals surface area contributed by atoms with E-state index in [0.29, 0.717) is 5.82 Å². The minimum atomic E-state index is 0.621. The molecular formula is C21H18N4S. The minimum absolute atomic E-state index is 0.621. The third-order valence-corrected chi connectivity index (χ3v) is 4.78. The summed E-state index contributed by atoms with van der Waals surface area (Å²) in [6.45, 7) is 1.97. The maximum Gasteiger partial charge on any atom is 0.180 e. The Kier molecular flexibility index (Phi) is 4.54. The lowest BCUT2D eigenvalue weighted by Gasteiger charge is -2.11. The summed E-state index contributed by atoms with van der Waals surface area (Å²) >= 11 is 1.72. The second-order valence-corrected chi connectivity index (χ2v) is 6.81. The Morgan fingerprint density at radius 1 is 0.846 bits per heavy atom. The molecule has 4 nitrogen and oxygen atoms in total. The van der Waals surface area contributed by atoms with E-state index in [1.54, 1.807) is 11.8 Å². The number of pyridine rings is 1. The number of rotatable bonds is 4. The molecule has 0 saturated heterocycles. The first-order valence-corrected chi connectivity index (χ1v) is 9.57. The molecular weight excluding hydrogens is 340 g/mol. The molecule has 0 aliphatic heterocycles. The highest BCUT2D eigenvalue weighted by atomic mass is 32.2. The summed E-state index contributed by atoms with van der Waals surface area (Å²) in [7, 11) is 0. The predicted molar refractivity (Wildman–Crippen MR) is 109 cm³/mol. The summed E-state index contributed by atoms with van der Waals surface area (Å²) in [6, 6.07) is 22.2. The van der Waals surface area contributed by atoms with Crippen molar-refractivity contribution in [2.24, 2.45) is 0 Å². The normalized spacial score (nSPS) is 10.8. The standard InChI is InChI=1S/C21H18N4S/c1-14-7-5-12-19(22-14)21-24-18-11-4-3-10-17(18)20(25-21)23-15-8-6-9-16(13-15)26-2/h3-13H,1-2H3,(H,23,24,25). The number of aryl methyl sites for hydroxylation is 1. The van der Waals surface area contributed by atoms with Crippen molar-refractivity contribution in [2.75, 3.05) is 11.6 Å². The number of benzene rings is 2. The van der Waals surface area contributed by atoms with Crippen LogP contribution in [-0.2, 0) is 0 Å². The van der Waals surface area contributed by atoms with Crippen LogP contribution < -0.4 is 5.32 Å². The Hall–Kier alpha value is -2.92. The fourth-order valence-corrected chi connectivity index (χ4v) is 3.25. The van der Waals surface area contributed by atoms with Crippen LogP contribution in [0.25, 0.3) is 22.4 Å². The van der Waals surface area contributed by atoms with Gasteiger partial charge in [-0.1, -0.05) is 24.3 Å². The summed E-state index contributed by atoms with van der Waals surface area (Å²) < 4.78 is 0. The lowest BCUT2D eigenvalue weighted by molar-refractivity contribution is 1.14. The van der Waals surface area contributed by atoms with Gasteiger partial charge >= 0.3 is 0 Å². The van der Waals surface area contributed by atoms with Gasteiger partial charge in [0.15, 0.2) is 5.82 Å². The van der Waals surface area contributed by atoms with Crippen LogP contribution in [0.2, 0.25) is 0 Å². The molecule has 0 amide bonds. The van der Waals surface area contributed by atoms with E-state index in [1.807, 2.05) is 61.5 Å². The molecule has 2 heterocycles. The number of aromatic nitrogens is 3. The van der Waals surface area contributed by atoms with Crippen LogP contribution in [0.1, 0.15) is 5.69 Å². The third-order valence-electron chi connectivity index (χ3n) is 4.05. The average molecular weight is 358 g/mol. The van der Waals surface area contributed by atoms with Gasteiger partial charge in [0.05, 0.1) is 5.52 Å². The maximum atomic E-state index is 4.77. The molecule has 0 unspecified atom stereocenters. The number of para-hydroxylation sites is 1. The highest BCUT2D eigenvalue weighted by Crippen LogP contribution is 2.28. The smallest absolute Gasteiger partial charge is 0.180 e. The lowest BCUT2D eigenvalue weighted by atomic mass is 10.2. The molecule has 0 atom stereocenters. The van der Waals surface area contributed by atoms with Crippen LogP contribution in [-0.4, -0.2) is 21.2 Å². The zero-order valence-electron chi connectivity index (χ0n) is 14.6. The number of anilines is 2. The molecule has 0 bridgehead atoms. The molecule has 2 aromatic carbocycles. The largest absolute Gasteiger partial charge is 0.340 e. The number of hydrogen-bond acceptors (Lipinski definition) is 5. The highest BCUT2D eigenvalue weighted by Gasteiger charge is 2.11. The number of nitrogens with zero attached hydrogens (tertiary/aromatic N) is 3. The first kappa shape index (κ1) is 16.5. The first-order valence-electron chi connectivity index (χ1n) is 8.35. The summed E-state index contributed by atoms with van der Waals surface area (Å²) in [6.07, 6.45) is 2.07. The summed E-state index contributed by atoms with van der Waals surface area (Å²) in [5, 5.41) is 4.44. The number of nitrogens with one attached hydrogen (secondary N) is 1. The molecule has 0 saturated carbocycles. The van der Waals surface area contributed by atoms with Crippen LogP contribution in [0.4, 0.5) is 11.5 Å². The summed E-state index contributed by atoms with van der Waals surface area (Å²) in [4.78, 5) is 15.2. The number of hydrogen-bond donors (Lipinski definition) is 1. The van der Waals surface area contributed by atoms with Crippen LogP contribution in [0.5, 0.6) is 0 Å². The second-order valence-electron chi connectivity index (χ2n) is 5.93. The van der Waals surface area contributed by atoms with Crippen molar-refractivity contribution in [3.05, 3.63) is 72.4 Å². The molecule has 0 fully saturated rings. The number of thioether (sulfide) groups is 1. The fourth-order valence-electron chi connectivity index (χ4n) is 2.79. The van der Waals surface area contributed by atoms with Crippen LogP contribution in [0.3, 0.4) is 0 Å². The molecule has 1 N–H and O–H groups in total. The van der Waals surface area contributed by atoms with Crippen molar-refractivity contribution in [1.82, 2.24) is 15.0 Å². The van der Waals surface area contributed by atoms with Crippen molar-refractivity contribution in [1.29, 1.82) is 0 Å². The lowest BCUT2D eigenvalue weighted by Crippen LogP contribution is -2.00. The topological polar surface area (TPSA) is 50.7 Å². The Morgan fingerprint density at radius 2 is 1.69 bits per heavy atom. The van der Waals surface area contributed by atoms with Gasteiger partial charge in [-0.3, -0.25) is 0 Å². The van der Waals surface area contributed by atoms with E-state index in [9.17, 15) is 0 Å². The second kappa shape index (κ2) is 7.14. The van der Waals surface area contributed by atoms with E-state index < -0.39 is 0 Å². The van der Waals surface area contributed by atoms with Gasteiger partial charge in [0.1, 0.15) is 11.5 Å². The molecule has 0 aliphatic carbocycles. The van der Waals surface area contributed by atoms with Gasteiger partial charge in [0.2, 0.25) is 0 Å². The zero-order valence-corrected chi connectivity index (χ0v) is 15.4.